The van der Waals surface area contributed by atoms with Crippen LogP contribution in [0.15, 0.2) is 47.5 Å². The molecule has 2 rings (SSSR count). The molecular weight excluding hydrogens is 288 g/mol. The largest absolute Gasteiger partial charge is 0.495 e. The summed E-state index contributed by atoms with van der Waals surface area (Å²) in [6.07, 6.45) is 1.19. The molecule has 0 aliphatic rings. The lowest BCUT2D eigenvalue weighted by Gasteiger charge is -2.11. The Kier molecular flexibility index (Phi) is 3.92. The number of rotatable bonds is 4. The van der Waals surface area contributed by atoms with Crippen LogP contribution in [0.5, 0.6) is 5.75 Å². The predicted molar refractivity (Wildman–Crippen MR) is 73.0 cm³/mol. The van der Waals surface area contributed by atoms with Gasteiger partial charge in [0.05, 0.1) is 12.8 Å². The number of hydrogen-bond acceptors (Lipinski definition) is 4. The molecule has 100 valence electrons. The van der Waals surface area contributed by atoms with Crippen molar-refractivity contribution in [2.75, 3.05) is 11.8 Å². The molecule has 0 amide bonds. The minimum Gasteiger partial charge on any atom is -0.495 e. The first-order valence-corrected chi connectivity index (χ1v) is 7.16. The van der Waals surface area contributed by atoms with E-state index < -0.39 is 10.0 Å². The van der Waals surface area contributed by atoms with Crippen LogP contribution in [-0.2, 0) is 10.0 Å². The Morgan fingerprint density at radius 2 is 1.95 bits per heavy atom. The van der Waals surface area contributed by atoms with Crippen molar-refractivity contribution in [3.63, 3.8) is 0 Å². The van der Waals surface area contributed by atoms with Gasteiger partial charge in [0.2, 0.25) is 0 Å². The van der Waals surface area contributed by atoms with Gasteiger partial charge in [-0.3, -0.25) is 4.72 Å². The summed E-state index contributed by atoms with van der Waals surface area (Å²) >= 11 is 5.62. The lowest BCUT2D eigenvalue weighted by atomic mass is 10.3. The average Bonchev–Trinajstić information content (AvgIpc) is 2.39. The Morgan fingerprint density at radius 3 is 2.58 bits per heavy atom. The van der Waals surface area contributed by atoms with E-state index in [0.29, 0.717) is 11.4 Å². The number of para-hydroxylation sites is 2. The van der Waals surface area contributed by atoms with Crippen LogP contribution in [0.3, 0.4) is 0 Å². The van der Waals surface area contributed by atoms with Crippen molar-refractivity contribution in [1.29, 1.82) is 0 Å². The van der Waals surface area contributed by atoms with Gasteiger partial charge in [0.1, 0.15) is 15.8 Å². The second kappa shape index (κ2) is 5.46. The Bertz CT molecular complexity index is 672. The van der Waals surface area contributed by atoms with Crippen LogP contribution in [0, 0.1) is 0 Å². The fraction of sp³-hybridized carbons (Fsp3) is 0.0833. The molecule has 0 aliphatic carbocycles. The smallest absolute Gasteiger partial charge is 0.263 e. The molecule has 0 bridgehead atoms. The van der Waals surface area contributed by atoms with Crippen LogP contribution in [0.2, 0.25) is 5.15 Å². The monoisotopic (exact) mass is 298 g/mol. The van der Waals surface area contributed by atoms with Gasteiger partial charge in [-0.1, -0.05) is 23.7 Å². The van der Waals surface area contributed by atoms with Crippen molar-refractivity contribution in [1.82, 2.24) is 4.98 Å². The van der Waals surface area contributed by atoms with Gasteiger partial charge < -0.3 is 4.74 Å². The third-order valence-corrected chi connectivity index (χ3v) is 3.94. The van der Waals surface area contributed by atoms with Crippen LogP contribution >= 0.6 is 11.6 Å². The van der Waals surface area contributed by atoms with Gasteiger partial charge in [0.15, 0.2) is 0 Å². The summed E-state index contributed by atoms with van der Waals surface area (Å²) in [5.74, 6) is 0.438. The molecule has 0 radical (unpaired) electrons. The number of ether oxygens (including phenoxy) is 1. The van der Waals surface area contributed by atoms with Crippen molar-refractivity contribution >= 4 is 27.3 Å². The zero-order valence-corrected chi connectivity index (χ0v) is 11.6. The zero-order valence-electron chi connectivity index (χ0n) is 10.00. The maximum atomic E-state index is 12.1. The van der Waals surface area contributed by atoms with Gasteiger partial charge in [0, 0.05) is 6.20 Å². The molecule has 0 fully saturated rings. The van der Waals surface area contributed by atoms with E-state index in [1.165, 1.54) is 25.4 Å². The van der Waals surface area contributed by atoms with Crippen LogP contribution in [0.4, 0.5) is 5.69 Å². The maximum Gasteiger partial charge on any atom is 0.263 e. The van der Waals surface area contributed by atoms with E-state index in [1.807, 2.05) is 0 Å². The number of methoxy groups -OCH3 is 1. The molecule has 7 heteroatoms. The topological polar surface area (TPSA) is 68.3 Å². The Morgan fingerprint density at radius 1 is 1.21 bits per heavy atom. The number of halogens is 1. The summed E-state index contributed by atoms with van der Waals surface area (Å²) in [5.41, 5.74) is 0.361. The number of anilines is 1. The fourth-order valence-corrected chi connectivity index (χ4v) is 2.58. The van der Waals surface area contributed by atoms with Crippen molar-refractivity contribution < 1.29 is 13.2 Å². The summed E-state index contributed by atoms with van der Waals surface area (Å²) in [6.45, 7) is 0. The maximum absolute atomic E-state index is 12.1. The Labute approximate surface area is 116 Å². The number of nitrogens with zero attached hydrogens (tertiary/aromatic N) is 1. The number of aromatic nitrogens is 1. The minimum absolute atomic E-state index is 0.0304. The van der Waals surface area contributed by atoms with Crippen LogP contribution in [0.25, 0.3) is 0 Å². The number of sulfonamides is 1. The SMILES string of the molecule is COc1ccccc1NS(=O)(=O)c1ccc(Cl)nc1. The van der Waals surface area contributed by atoms with Gasteiger partial charge in [-0.25, -0.2) is 13.4 Å². The van der Waals surface area contributed by atoms with E-state index in [1.54, 1.807) is 24.3 Å². The molecule has 0 saturated heterocycles. The summed E-state index contributed by atoms with van der Waals surface area (Å²) in [5, 5.41) is 0.233. The highest BCUT2D eigenvalue weighted by Crippen LogP contribution is 2.26. The highest BCUT2D eigenvalue weighted by atomic mass is 35.5. The minimum atomic E-state index is -3.71. The molecule has 1 heterocycles. The molecule has 2 aromatic rings. The van der Waals surface area contributed by atoms with Crippen molar-refractivity contribution in [3.8, 4) is 5.75 Å². The third-order valence-electron chi connectivity index (χ3n) is 2.36. The van der Waals surface area contributed by atoms with Gasteiger partial charge in [0.25, 0.3) is 10.0 Å². The standard InChI is InChI=1S/C12H11ClN2O3S/c1-18-11-5-3-2-4-10(11)15-19(16,17)9-6-7-12(13)14-8-9/h2-8,15H,1H3. The van der Waals surface area contributed by atoms with E-state index in [0.717, 1.165) is 0 Å². The van der Waals surface area contributed by atoms with Crippen molar-refractivity contribution in [2.45, 2.75) is 4.90 Å². The molecule has 0 atom stereocenters. The lowest BCUT2D eigenvalue weighted by Crippen LogP contribution is -2.13. The molecule has 1 aromatic carbocycles. The molecule has 0 unspecified atom stereocenters. The molecule has 0 saturated carbocycles. The first kappa shape index (κ1) is 13.6. The molecular formula is C12H11ClN2O3S. The fourth-order valence-electron chi connectivity index (χ4n) is 1.45. The Balaban J connectivity index is 2.34. The highest BCUT2D eigenvalue weighted by Gasteiger charge is 2.16. The van der Waals surface area contributed by atoms with Crippen LogP contribution in [0.1, 0.15) is 0 Å². The number of nitrogens with one attached hydrogen (secondary N) is 1. The van der Waals surface area contributed by atoms with Crippen molar-refractivity contribution in [2.24, 2.45) is 0 Å². The summed E-state index contributed by atoms with van der Waals surface area (Å²) in [6, 6.07) is 9.53. The quantitative estimate of drug-likeness (QED) is 0.881. The number of pyridine rings is 1. The summed E-state index contributed by atoms with van der Waals surface area (Å²) in [7, 11) is -2.24. The first-order chi connectivity index (χ1) is 9.03. The number of hydrogen-bond donors (Lipinski definition) is 1. The molecule has 1 N–H and O–H groups in total. The molecule has 19 heavy (non-hydrogen) atoms. The second-order valence-corrected chi connectivity index (χ2v) is 5.69. The van der Waals surface area contributed by atoms with Gasteiger partial charge in [-0.2, -0.15) is 0 Å². The Hall–Kier alpha value is -1.79. The molecule has 5 nitrogen and oxygen atoms in total. The third kappa shape index (κ3) is 3.15. The molecule has 0 spiro atoms. The highest BCUT2D eigenvalue weighted by molar-refractivity contribution is 7.92. The second-order valence-electron chi connectivity index (χ2n) is 3.62. The lowest BCUT2D eigenvalue weighted by molar-refractivity contribution is 0.417. The van der Waals surface area contributed by atoms with E-state index in [2.05, 4.69) is 9.71 Å². The van der Waals surface area contributed by atoms with E-state index >= 15 is 0 Å². The zero-order chi connectivity index (χ0) is 13.9. The van der Waals surface area contributed by atoms with E-state index in [4.69, 9.17) is 16.3 Å². The average molecular weight is 299 g/mol. The summed E-state index contributed by atoms with van der Waals surface area (Å²) in [4.78, 5) is 3.78. The normalized spacial score (nSPS) is 11.1. The van der Waals surface area contributed by atoms with Crippen LogP contribution in [-0.4, -0.2) is 20.5 Å². The molecule has 1 aromatic heterocycles. The number of benzene rings is 1. The van der Waals surface area contributed by atoms with Gasteiger partial charge in [-0.15, -0.1) is 0 Å². The van der Waals surface area contributed by atoms with Gasteiger partial charge in [-0.05, 0) is 24.3 Å². The van der Waals surface area contributed by atoms with Crippen LogP contribution < -0.4 is 9.46 Å². The molecule has 0 aliphatic heterocycles. The summed E-state index contributed by atoms with van der Waals surface area (Å²) < 4.78 is 31.8. The van der Waals surface area contributed by atoms with Crippen molar-refractivity contribution in [3.05, 3.63) is 47.7 Å². The van der Waals surface area contributed by atoms with Gasteiger partial charge >= 0.3 is 0 Å². The van der Waals surface area contributed by atoms with E-state index in [-0.39, 0.29) is 10.0 Å². The van der Waals surface area contributed by atoms with E-state index in [9.17, 15) is 8.42 Å². The predicted octanol–water partition coefficient (Wildman–Crippen LogP) is 2.54. The first-order valence-electron chi connectivity index (χ1n) is 5.30.